The average Bonchev–Trinajstić information content (AvgIpc) is 2.45. The van der Waals surface area contributed by atoms with Gasteiger partial charge in [0.25, 0.3) is 0 Å². The lowest BCUT2D eigenvalue weighted by molar-refractivity contribution is 0.840. The Bertz CT molecular complexity index is 515. The fraction of sp³-hybridized carbons (Fsp3) is 0.250. The molecule has 2 aromatic rings. The molecule has 0 aliphatic heterocycles. The molecule has 2 aromatic heterocycles. The van der Waals surface area contributed by atoms with Crippen LogP contribution in [0, 0.1) is 26.2 Å². The second kappa shape index (κ2) is 3.19. The predicted molar refractivity (Wildman–Crippen MR) is 58.0 cm³/mol. The Labute approximate surface area is 83.6 Å². The Morgan fingerprint density at radius 1 is 1.50 bits per heavy atom. The van der Waals surface area contributed by atoms with Crippen molar-refractivity contribution in [2.24, 2.45) is 0 Å². The molecule has 2 rings (SSSR count). The normalized spacial score (nSPS) is 10.4. The number of nitrogens with zero attached hydrogens (tertiary/aromatic N) is 2. The molecule has 2 nitrogen and oxygen atoms in total. The number of aromatic nitrogens is 2. The number of pyridine rings is 1. The summed E-state index contributed by atoms with van der Waals surface area (Å²) in [5, 5.41) is 1.24. The molecule has 0 N–H and O–H groups in total. The highest BCUT2D eigenvalue weighted by Gasteiger charge is 2.08. The number of hydrogen-bond donors (Lipinski definition) is 0. The highest BCUT2D eigenvalue weighted by Crippen LogP contribution is 2.23. The predicted octanol–water partition coefficient (Wildman–Crippen LogP) is 2.29. The largest absolute Gasteiger partial charge is 0.332 e. The fourth-order valence-electron chi connectivity index (χ4n) is 1.79. The summed E-state index contributed by atoms with van der Waals surface area (Å²) in [6.07, 6.45) is 9.02. The molecule has 0 saturated heterocycles. The van der Waals surface area contributed by atoms with E-state index in [1.807, 2.05) is 18.5 Å². The number of terminal acetylenes is 1. The van der Waals surface area contributed by atoms with Crippen molar-refractivity contribution in [3.8, 4) is 12.3 Å². The van der Waals surface area contributed by atoms with E-state index in [1.165, 1.54) is 16.6 Å². The second-order valence-corrected chi connectivity index (χ2v) is 3.39. The minimum Gasteiger partial charge on any atom is -0.332 e. The molecule has 2 heterocycles. The molecule has 0 saturated carbocycles. The molecule has 0 bridgehead atoms. The number of aryl methyl sites for hydroxylation is 1. The zero-order valence-corrected chi connectivity index (χ0v) is 8.41. The molecule has 0 aromatic carbocycles. The van der Waals surface area contributed by atoms with Gasteiger partial charge in [0.2, 0.25) is 0 Å². The van der Waals surface area contributed by atoms with Crippen LogP contribution in [0.1, 0.15) is 11.3 Å². The van der Waals surface area contributed by atoms with Gasteiger partial charge in [-0.3, -0.25) is 4.98 Å². The van der Waals surface area contributed by atoms with Gasteiger partial charge in [-0.15, -0.1) is 6.42 Å². The maximum atomic E-state index is 5.34. The first kappa shape index (κ1) is 8.83. The lowest BCUT2D eigenvalue weighted by Gasteiger charge is -2.01. The minimum atomic E-state index is 0.613. The first-order chi connectivity index (χ1) is 6.75. The monoisotopic (exact) mass is 184 g/mol. The molecule has 0 aliphatic rings. The van der Waals surface area contributed by atoms with Crippen molar-refractivity contribution in [2.45, 2.75) is 20.4 Å². The van der Waals surface area contributed by atoms with E-state index >= 15 is 0 Å². The van der Waals surface area contributed by atoms with Gasteiger partial charge in [-0.05, 0) is 25.5 Å². The Kier molecular flexibility index (Phi) is 2.01. The van der Waals surface area contributed by atoms with Crippen molar-refractivity contribution in [3.05, 3.63) is 29.7 Å². The molecule has 70 valence electrons. The summed E-state index contributed by atoms with van der Waals surface area (Å²) in [5.41, 5.74) is 3.64. The molecule has 0 unspecified atom stereocenters. The van der Waals surface area contributed by atoms with Crippen molar-refractivity contribution >= 4 is 10.9 Å². The minimum absolute atomic E-state index is 0.613. The van der Waals surface area contributed by atoms with Crippen LogP contribution in [-0.2, 0) is 6.54 Å². The van der Waals surface area contributed by atoms with Gasteiger partial charge < -0.3 is 4.57 Å². The average molecular weight is 184 g/mol. The van der Waals surface area contributed by atoms with Gasteiger partial charge in [-0.25, -0.2) is 0 Å². The van der Waals surface area contributed by atoms with Crippen LogP contribution in [0.2, 0.25) is 0 Å². The van der Waals surface area contributed by atoms with Crippen LogP contribution in [0.15, 0.2) is 18.5 Å². The molecule has 0 fully saturated rings. The summed E-state index contributed by atoms with van der Waals surface area (Å²) in [7, 11) is 0. The second-order valence-electron chi connectivity index (χ2n) is 3.39. The third kappa shape index (κ3) is 1.10. The molecular weight excluding hydrogens is 172 g/mol. The Balaban J connectivity index is 2.82. The van der Waals surface area contributed by atoms with Gasteiger partial charge in [0.05, 0.1) is 18.3 Å². The Morgan fingerprint density at radius 3 is 3.00 bits per heavy atom. The van der Waals surface area contributed by atoms with Gasteiger partial charge in [0.15, 0.2) is 0 Å². The van der Waals surface area contributed by atoms with Crippen molar-refractivity contribution in [1.29, 1.82) is 0 Å². The molecule has 0 amide bonds. The Hall–Kier alpha value is -1.75. The smallest absolute Gasteiger partial charge is 0.0838 e. The van der Waals surface area contributed by atoms with E-state index in [1.54, 1.807) is 0 Å². The third-order valence-corrected chi connectivity index (χ3v) is 2.69. The van der Waals surface area contributed by atoms with E-state index in [0.29, 0.717) is 6.54 Å². The SMILES string of the molecule is C#CCn1c(C)c(C)c2ccncc21. The van der Waals surface area contributed by atoms with E-state index in [2.05, 4.69) is 29.3 Å². The van der Waals surface area contributed by atoms with Crippen LogP contribution in [0.25, 0.3) is 10.9 Å². The number of hydrogen-bond acceptors (Lipinski definition) is 1. The molecule has 14 heavy (non-hydrogen) atoms. The van der Waals surface area contributed by atoms with E-state index in [4.69, 9.17) is 6.42 Å². The van der Waals surface area contributed by atoms with Gasteiger partial charge in [-0.1, -0.05) is 5.92 Å². The summed E-state index contributed by atoms with van der Waals surface area (Å²) in [6, 6.07) is 2.03. The summed E-state index contributed by atoms with van der Waals surface area (Å²) < 4.78 is 2.12. The standard InChI is InChI=1S/C12H12N2/c1-4-7-14-10(3)9(2)11-5-6-13-8-12(11)14/h1,5-6,8H,7H2,2-3H3. The van der Waals surface area contributed by atoms with Crippen molar-refractivity contribution in [1.82, 2.24) is 9.55 Å². The van der Waals surface area contributed by atoms with Crippen LogP contribution < -0.4 is 0 Å². The molecule has 0 atom stereocenters. The van der Waals surface area contributed by atoms with Crippen molar-refractivity contribution in [3.63, 3.8) is 0 Å². The van der Waals surface area contributed by atoms with Gasteiger partial charge in [0.1, 0.15) is 0 Å². The molecule has 0 aliphatic carbocycles. The van der Waals surface area contributed by atoms with E-state index in [9.17, 15) is 0 Å². The van der Waals surface area contributed by atoms with Crippen LogP contribution >= 0.6 is 0 Å². The summed E-state index contributed by atoms with van der Waals surface area (Å²) in [6.45, 7) is 4.82. The summed E-state index contributed by atoms with van der Waals surface area (Å²) in [5.74, 6) is 2.67. The molecule has 0 radical (unpaired) electrons. The topological polar surface area (TPSA) is 17.8 Å². The van der Waals surface area contributed by atoms with Crippen molar-refractivity contribution < 1.29 is 0 Å². The maximum absolute atomic E-state index is 5.34. The van der Waals surface area contributed by atoms with Crippen LogP contribution in [-0.4, -0.2) is 9.55 Å². The maximum Gasteiger partial charge on any atom is 0.0838 e. The third-order valence-electron chi connectivity index (χ3n) is 2.69. The van der Waals surface area contributed by atoms with Gasteiger partial charge in [0, 0.05) is 17.3 Å². The van der Waals surface area contributed by atoms with Crippen LogP contribution in [0.3, 0.4) is 0 Å². The zero-order valence-electron chi connectivity index (χ0n) is 8.41. The summed E-state index contributed by atoms with van der Waals surface area (Å²) in [4.78, 5) is 4.12. The van der Waals surface area contributed by atoms with Crippen LogP contribution in [0.4, 0.5) is 0 Å². The highest BCUT2D eigenvalue weighted by molar-refractivity contribution is 5.84. The quantitative estimate of drug-likeness (QED) is 0.622. The van der Waals surface area contributed by atoms with Crippen LogP contribution in [0.5, 0.6) is 0 Å². The lowest BCUT2D eigenvalue weighted by Crippen LogP contribution is -1.97. The number of rotatable bonds is 1. The molecule has 0 spiro atoms. The molecular formula is C12H12N2. The van der Waals surface area contributed by atoms with E-state index in [0.717, 1.165) is 5.52 Å². The van der Waals surface area contributed by atoms with Crippen molar-refractivity contribution in [2.75, 3.05) is 0 Å². The fourth-order valence-corrected chi connectivity index (χ4v) is 1.79. The first-order valence-corrected chi connectivity index (χ1v) is 4.58. The number of fused-ring (bicyclic) bond motifs is 1. The molecule has 2 heteroatoms. The van der Waals surface area contributed by atoms with E-state index < -0.39 is 0 Å². The lowest BCUT2D eigenvalue weighted by atomic mass is 10.2. The summed E-state index contributed by atoms with van der Waals surface area (Å²) >= 11 is 0. The zero-order chi connectivity index (χ0) is 10.1. The Morgan fingerprint density at radius 2 is 2.29 bits per heavy atom. The first-order valence-electron chi connectivity index (χ1n) is 4.58. The van der Waals surface area contributed by atoms with E-state index in [-0.39, 0.29) is 0 Å². The van der Waals surface area contributed by atoms with Gasteiger partial charge >= 0.3 is 0 Å². The van der Waals surface area contributed by atoms with Gasteiger partial charge in [-0.2, -0.15) is 0 Å². The highest BCUT2D eigenvalue weighted by atomic mass is 15.0.